The third kappa shape index (κ3) is 5.74. The van der Waals surface area contributed by atoms with E-state index in [9.17, 15) is 18.0 Å². The van der Waals surface area contributed by atoms with Crippen LogP contribution in [-0.4, -0.2) is 26.7 Å². The van der Waals surface area contributed by atoms with Crippen LogP contribution >= 0.6 is 0 Å². The van der Waals surface area contributed by atoms with Crippen molar-refractivity contribution in [2.24, 2.45) is 0 Å². The van der Waals surface area contributed by atoms with Gasteiger partial charge in [0.2, 0.25) is 15.9 Å². The molecular formula is C20H24N2O4S. The fraction of sp³-hybridized carbons (Fsp3) is 0.300. The molecule has 0 aliphatic rings. The quantitative estimate of drug-likeness (QED) is 0.744. The molecule has 0 unspecified atom stereocenters. The van der Waals surface area contributed by atoms with Crippen molar-refractivity contribution in [3.8, 4) is 0 Å². The van der Waals surface area contributed by atoms with Crippen LogP contribution in [-0.2, 0) is 20.2 Å². The zero-order chi connectivity index (χ0) is 20.2. The number of nitrogens with one attached hydrogen (secondary N) is 2. The number of anilines is 1. The molecule has 0 bridgehead atoms. The molecule has 0 radical (unpaired) electrons. The molecule has 2 aromatic carbocycles. The third-order valence-corrected chi connectivity index (χ3v) is 5.42. The van der Waals surface area contributed by atoms with Crippen LogP contribution < -0.4 is 10.0 Å². The van der Waals surface area contributed by atoms with Crippen molar-refractivity contribution >= 4 is 27.4 Å². The zero-order valence-corrected chi connectivity index (χ0v) is 16.7. The van der Waals surface area contributed by atoms with Crippen molar-refractivity contribution in [3.63, 3.8) is 0 Å². The first-order valence-electron chi connectivity index (χ1n) is 8.50. The van der Waals surface area contributed by atoms with Crippen molar-refractivity contribution in [2.75, 3.05) is 11.9 Å². The van der Waals surface area contributed by atoms with Gasteiger partial charge in [0.15, 0.2) is 5.78 Å². The van der Waals surface area contributed by atoms with Gasteiger partial charge in [-0.05, 0) is 42.2 Å². The van der Waals surface area contributed by atoms with E-state index in [-0.39, 0.29) is 16.1 Å². The number of sulfonamides is 1. The summed E-state index contributed by atoms with van der Waals surface area (Å²) in [4.78, 5) is 23.5. The summed E-state index contributed by atoms with van der Waals surface area (Å²) in [7, 11) is -3.80. The van der Waals surface area contributed by atoms with E-state index in [1.807, 2.05) is 20.8 Å². The molecule has 0 spiro atoms. The van der Waals surface area contributed by atoms with Crippen molar-refractivity contribution in [1.82, 2.24) is 4.72 Å². The molecule has 0 aliphatic heterocycles. The second-order valence-electron chi connectivity index (χ2n) is 7.28. The number of amides is 1. The summed E-state index contributed by atoms with van der Waals surface area (Å²) in [5, 5.41) is 2.57. The largest absolute Gasteiger partial charge is 0.325 e. The van der Waals surface area contributed by atoms with Gasteiger partial charge in [0.05, 0.1) is 11.4 Å². The first-order valence-corrected chi connectivity index (χ1v) is 9.98. The monoisotopic (exact) mass is 388 g/mol. The van der Waals surface area contributed by atoms with Gasteiger partial charge in [-0.3, -0.25) is 9.59 Å². The number of rotatable bonds is 6. The lowest BCUT2D eigenvalue weighted by Gasteiger charge is -2.19. The van der Waals surface area contributed by atoms with Crippen LogP contribution in [0, 0.1) is 0 Å². The molecule has 0 saturated carbocycles. The standard InChI is InChI=1S/C20H24N2O4S/c1-14(23)15-6-5-7-17(12-15)22-19(24)13-21-27(25,26)18-10-8-16(9-11-18)20(2,3)4/h5-12,21H,13H2,1-4H3,(H,22,24). The minimum absolute atomic E-state index is 0.0793. The lowest BCUT2D eigenvalue weighted by atomic mass is 9.87. The Labute approximate surface area is 160 Å². The summed E-state index contributed by atoms with van der Waals surface area (Å²) < 4.78 is 27.0. The highest BCUT2D eigenvalue weighted by Crippen LogP contribution is 2.23. The molecule has 2 N–H and O–H groups in total. The van der Waals surface area contributed by atoms with Crippen molar-refractivity contribution < 1.29 is 18.0 Å². The lowest BCUT2D eigenvalue weighted by molar-refractivity contribution is -0.115. The predicted octanol–water partition coefficient (Wildman–Crippen LogP) is 3.10. The molecule has 144 valence electrons. The Morgan fingerprint density at radius 3 is 2.19 bits per heavy atom. The smallest absolute Gasteiger partial charge is 0.241 e. The lowest BCUT2D eigenvalue weighted by Crippen LogP contribution is -2.33. The number of Topliss-reactive ketones (excluding diaryl/α,β-unsaturated/α-hetero) is 1. The molecule has 7 heteroatoms. The van der Waals surface area contributed by atoms with Gasteiger partial charge in [-0.2, -0.15) is 0 Å². The molecule has 6 nitrogen and oxygen atoms in total. The van der Waals surface area contributed by atoms with Crippen LogP contribution in [0.1, 0.15) is 43.6 Å². The Balaban J connectivity index is 2.01. The van der Waals surface area contributed by atoms with Crippen molar-refractivity contribution in [2.45, 2.75) is 38.0 Å². The van der Waals surface area contributed by atoms with E-state index in [1.54, 1.807) is 36.4 Å². The van der Waals surface area contributed by atoms with E-state index in [4.69, 9.17) is 0 Å². The van der Waals surface area contributed by atoms with E-state index >= 15 is 0 Å². The van der Waals surface area contributed by atoms with Gasteiger partial charge >= 0.3 is 0 Å². The molecule has 1 amide bonds. The molecule has 0 fully saturated rings. The Hall–Kier alpha value is -2.51. The number of ketones is 1. The number of hydrogen-bond acceptors (Lipinski definition) is 4. The van der Waals surface area contributed by atoms with E-state index in [1.165, 1.54) is 19.1 Å². The first kappa shape index (κ1) is 20.8. The molecule has 0 heterocycles. The van der Waals surface area contributed by atoms with E-state index in [2.05, 4.69) is 10.0 Å². The minimum Gasteiger partial charge on any atom is -0.325 e. The van der Waals surface area contributed by atoms with Crippen LogP contribution in [0.5, 0.6) is 0 Å². The average Bonchev–Trinajstić information content (AvgIpc) is 2.60. The number of benzene rings is 2. The van der Waals surface area contributed by atoms with Crippen molar-refractivity contribution in [1.29, 1.82) is 0 Å². The fourth-order valence-corrected chi connectivity index (χ4v) is 3.38. The Bertz CT molecular complexity index is 943. The van der Waals surface area contributed by atoms with Crippen LogP contribution in [0.3, 0.4) is 0 Å². The summed E-state index contributed by atoms with van der Waals surface area (Å²) in [6.07, 6.45) is 0. The van der Waals surface area contributed by atoms with Gasteiger partial charge in [-0.1, -0.05) is 45.0 Å². The van der Waals surface area contributed by atoms with Crippen LogP contribution in [0.2, 0.25) is 0 Å². The molecular weight excluding hydrogens is 364 g/mol. The highest BCUT2D eigenvalue weighted by Gasteiger charge is 2.18. The minimum atomic E-state index is -3.80. The Morgan fingerprint density at radius 2 is 1.63 bits per heavy atom. The molecule has 0 aliphatic carbocycles. The summed E-state index contributed by atoms with van der Waals surface area (Å²) in [6, 6.07) is 13.0. The number of carbonyl (C=O) groups is 2. The molecule has 0 aromatic heterocycles. The van der Waals surface area contributed by atoms with E-state index < -0.39 is 22.5 Å². The van der Waals surface area contributed by atoms with E-state index in [0.717, 1.165) is 5.56 Å². The summed E-state index contributed by atoms with van der Waals surface area (Å²) in [5.74, 6) is -0.643. The fourth-order valence-electron chi connectivity index (χ4n) is 2.40. The first-order chi connectivity index (χ1) is 12.5. The van der Waals surface area contributed by atoms with Gasteiger partial charge in [0.25, 0.3) is 0 Å². The highest BCUT2D eigenvalue weighted by molar-refractivity contribution is 7.89. The molecule has 2 aromatic rings. The SMILES string of the molecule is CC(=O)c1cccc(NC(=O)CNS(=O)(=O)c2ccc(C(C)(C)C)cc2)c1. The summed E-state index contributed by atoms with van der Waals surface area (Å²) >= 11 is 0. The van der Waals surface area contributed by atoms with Crippen LogP contribution in [0.25, 0.3) is 0 Å². The Morgan fingerprint density at radius 1 is 1.00 bits per heavy atom. The molecule has 0 atom stereocenters. The third-order valence-electron chi connectivity index (χ3n) is 4.01. The van der Waals surface area contributed by atoms with Crippen LogP contribution in [0.15, 0.2) is 53.4 Å². The Kier molecular flexibility index (Phi) is 6.18. The summed E-state index contributed by atoms with van der Waals surface area (Å²) in [5.41, 5.74) is 1.84. The maximum atomic E-state index is 12.4. The van der Waals surface area contributed by atoms with Gasteiger partial charge in [-0.25, -0.2) is 13.1 Å². The van der Waals surface area contributed by atoms with Crippen molar-refractivity contribution in [3.05, 3.63) is 59.7 Å². The van der Waals surface area contributed by atoms with Crippen LogP contribution in [0.4, 0.5) is 5.69 Å². The van der Waals surface area contributed by atoms with Gasteiger partial charge in [0, 0.05) is 11.3 Å². The van der Waals surface area contributed by atoms with Gasteiger partial charge in [-0.15, -0.1) is 0 Å². The molecule has 27 heavy (non-hydrogen) atoms. The van der Waals surface area contributed by atoms with Gasteiger partial charge in [0.1, 0.15) is 0 Å². The number of hydrogen-bond donors (Lipinski definition) is 2. The number of carbonyl (C=O) groups excluding carboxylic acids is 2. The zero-order valence-electron chi connectivity index (χ0n) is 15.9. The average molecular weight is 388 g/mol. The topological polar surface area (TPSA) is 92.3 Å². The molecule has 0 saturated heterocycles. The van der Waals surface area contributed by atoms with Gasteiger partial charge < -0.3 is 5.32 Å². The maximum Gasteiger partial charge on any atom is 0.241 e. The second kappa shape index (κ2) is 8.02. The normalized spacial score (nSPS) is 11.9. The highest BCUT2D eigenvalue weighted by atomic mass is 32.2. The second-order valence-corrected chi connectivity index (χ2v) is 9.05. The maximum absolute atomic E-state index is 12.4. The van der Waals surface area contributed by atoms with E-state index in [0.29, 0.717) is 11.3 Å². The molecule has 2 rings (SSSR count). The summed E-state index contributed by atoms with van der Waals surface area (Å²) in [6.45, 7) is 7.15. The predicted molar refractivity (Wildman–Crippen MR) is 105 cm³/mol.